The Labute approximate surface area is 183 Å². The van der Waals surface area contributed by atoms with Crippen molar-refractivity contribution >= 4 is 28.5 Å². The number of carbonyl (C=O) groups is 1. The SMILES string of the molecule is COC(=O)c1ncccc1N[C@H](C)c1cc(F)cc2nc3c(nc12)N1CCOC[C@H]1CO3. The number of pyridine rings is 1. The molecule has 1 N–H and O–H groups in total. The van der Waals surface area contributed by atoms with E-state index >= 15 is 0 Å². The molecule has 0 saturated carbocycles. The molecule has 2 aliphatic rings. The topological polar surface area (TPSA) is 98.7 Å². The average Bonchev–Trinajstić information content (AvgIpc) is 2.82. The lowest BCUT2D eigenvalue weighted by molar-refractivity contribution is 0.0595. The summed E-state index contributed by atoms with van der Waals surface area (Å²) in [5, 5.41) is 3.24. The first kappa shape index (κ1) is 20.4. The van der Waals surface area contributed by atoms with E-state index in [1.54, 1.807) is 12.1 Å². The second kappa shape index (κ2) is 8.19. The monoisotopic (exact) mass is 439 g/mol. The van der Waals surface area contributed by atoms with E-state index in [4.69, 9.17) is 19.2 Å². The van der Waals surface area contributed by atoms with Crippen LogP contribution in [-0.4, -0.2) is 60.4 Å². The Morgan fingerprint density at radius 1 is 1.34 bits per heavy atom. The molecule has 5 rings (SSSR count). The summed E-state index contributed by atoms with van der Waals surface area (Å²) in [5.41, 5.74) is 2.19. The molecule has 1 fully saturated rings. The van der Waals surface area contributed by atoms with Crippen LogP contribution in [0.15, 0.2) is 30.5 Å². The zero-order valence-corrected chi connectivity index (χ0v) is 17.7. The fraction of sp³-hybridized carbons (Fsp3) is 0.364. The molecule has 0 bridgehead atoms. The number of benzene rings is 1. The number of carbonyl (C=O) groups excluding carboxylic acids is 1. The molecule has 2 aliphatic heterocycles. The Bertz CT molecular complexity index is 1190. The van der Waals surface area contributed by atoms with Crippen molar-refractivity contribution < 1.29 is 23.4 Å². The number of ether oxygens (including phenoxy) is 3. The summed E-state index contributed by atoms with van der Waals surface area (Å²) >= 11 is 0. The summed E-state index contributed by atoms with van der Waals surface area (Å²) < 4.78 is 30.7. The lowest BCUT2D eigenvalue weighted by Crippen LogP contribution is -2.51. The normalized spacial score (nSPS) is 18.3. The molecule has 0 radical (unpaired) electrons. The Morgan fingerprint density at radius 2 is 2.22 bits per heavy atom. The number of nitrogens with zero attached hydrogens (tertiary/aromatic N) is 4. The maximum atomic E-state index is 14.5. The Balaban J connectivity index is 1.56. The smallest absolute Gasteiger partial charge is 0.358 e. The van der Waals surface area contributed by atoms with Gasteiger partial charge in [-0.25, -0.2) is 24.1 Å². The maximum Gasteiger partial charge on any atom is 0.358 e. The molecule has 0 amide bonds. The van der Waals surface area contributed by atoms with Crippen LogP contribution < -0.4 is 15.0 Å². The minimum Gasteiger partial charge on any atom is -0.473 e. The van der Waals surface area contributed by atoms with Crippen molar-refractivity contribution in [3.05, 3.63) is 47.5 Å². The van der Waals surface area contributed by atoms with Gasteiger partial charge in [-0.05, 0) is 25.1 Å². The lowest BCUT2D eigenvalue weighted by Gasteiger charge is -2.39. The molecular weight excluding hydrogens is 417 g/mol. The quantitative estimate of drug-likeness (QED) is 0.615. The number of anilines is 2. The number of halogens is 1. The van der Waals surface area contributed by atoms with Crippen LogP contribution in [0.5, 0.6) is 5.88 Å². The van der Waals surface area contributed by atoms with Crippen molar-refractivity contribution in [1.82, 2.24) is 15.0 Å². The van der Waals surface area contributed by atoms with Crippen LogP contribution in [-0.2, 0) is 9.47 Å². The molecule has 9 nitrogen and oxygen atoms in total. The van der Waals surface area contributed by atoms with Crippen LogP contribution in [0.4, 0.5) is 15.9 Å². The number of hydrogen-bond donors (Lipinski definition) is 1. The predicted octanol–water partition coefficient (Wildman–Crippen LogP) is 2.72. The second-order valence-electron chi connectivity index (χ2n) is 7.71. The first-order valence-corrected chi connectivity index (χ1v) is 10.3. The number of methoxy groups -OCH3 is 1. The number of hydrogen-bond acceptors (Lipinski definition) is 9. The highest BCUT2D eigenvalue weighted by molar-refractivity contribution is 5.93. The van der Waals surface area contributed by atoms with Crippen molar-refractivity contribution in [2.24, 2.45) is 0 Å². The molecular formula is C22H22FN5O4. The van der Waals surface area contributed by atoms with Gasteiger partial charge in [0.05, 0.1) is 49.1 Å². The number of aromatic nitrogens is 3. The molecule has 32 heavy (non-hydrogen) atoms. The summed E-state index contributed by atoms with van der Waals surface area (Å²) in [7, 11) is 1.30. The van der Waals surface area contributed by atoms with Gasteiger partial charge in [-0.1, -0.05) is 0 Å². The molecule has 4 heterocycles. The number of rotatable bonds is 4. The molecule has 0 unspecified atom stereocenters. The molecule has 1 saturated heterocycles. The second-order valence-corrected chi connectivity index (χ2v) is 7.71. The van der Waals surface area contributed by atoms with E-state index in [0.717, 1.165) is 0 Å². The first-order chi connectivity index (χ1) is 15.5. The third-order valence-electron chi connectivity index (χ3n) is 5.65. The van der Waals surface area contributed by atoms with Crippen molar-refractivity contribution in [2.75, 3.05) is 43.7 Å². The zero-order chi connectivity index (χ0) is 22.2. The van der Waals surface area contributed by atoms with Gasteiger partial charge in [0.1, 0.15) is 12.4 Å². The van der Waals surface area contributed by atoms with E-state index in [0.29, 0.717) is 60.3 Å². The highest BCUT2D eigenvalue weighted by atomic mass is 19.1. The van der Waals surface area contributed by atoms with Crippen LogP contribution >= 0.6 is 0 Å². The van der Waals surface area contributed by atoms with Crippen molar-refractivity contribution in [3.63, 3.8) is 0 Å². The minimum absolute atomic E-state index is 0.0699. The van der Waals surface area contributed by atoms with Gasteiger partial charge in [0.2, 0.25) is 0 Å². The number of fused-ring (bicyclic) bond motifs is 4. The standard InChI is InChI=1S/C22H22FN5O4/c1-12(25-16-4-3-5-24-19(16)22(29)30-2)15-8-13(23)9-17-18(15)27-20-21(26-17)32-11-14-10-31-7-6-28(14)20/h3-5,8-9,12,14,25H,6-7,10-11H2,1-2H3/t12-,14+/m1/s1. The number of nitrogens with one attached hydrogen (secondary N) is 1. The van der Waals surface area contributed by atoms with Crippen LogP contribution in [0.2, 0.25) is 0 Å². The van der Waals surface area contributed by atoms with Gasteiger partial charge in [0.15, 0.2) is 11.5 Å². The molecule has 1 aromatic carbocycles. The number of esters is 1. The van der Waals surface area contributed by atoms with E-state index in [1.165, 1.54) is 25.4 Å². The maximum absolute atomic E-state index is 14.5. The highest BCUT2D eigenvalue weighted by Crippen LogP contribution is 2.36. The summed E-state index contributed by atoms with van der Waals surface area (Å²) in [6, 6.07) is 5.86. The van der Waals surface area contributed by atoms with Crippen molar-refractivity contribution in [1.29, 1.82) is 0 Å². The Kier molecular flexibility index (Phi) is 5.22. The zero-order valence-electron chi connectivity index (χ0n) is 17.7. The van der Waals surface area contributed by atoms with Gasteiger partial charge < -0.3 is 24.4 Å². The van der Waals surface area contributed by atoms with Crippen LogP contribution in [0.1, 0.15) is 29.0 Å². The summed E-state index contributed by atoms with van der Waals surface area (Å²) in [5.74, 6) is 0.0328. The van der Waals surface area contributed by atoms with Gasteiger partial charge in [-0.15, -0.1) is 0 Å². The van der Waals surface area contributed by atoms with Gasteiger partial charge in [-0.2, -0.15) is 0 Å². The van der Waals surface area contributed by atoms with Gasteiger partial charge in [0.25, 0.3) is 5.88 Å². The van der Waals surface area contributed by atoms with E-state index in [2.05, 4.69) is 20.2 Å². The Morgan fingerprint density at radius 3 is 3.06 bits per heavy atom. The third kappa shape index (κ3) is 3.56. The molecule has 2 atom stereocenters. The van der Waals surface area contributed by atoms with Gasteiger partial charge in [-0.3, -0.25) is 0 Å². The third-order valence-corrected chi connectivity index (χ3v) is 5.65. The average molecular weight is 439 g/mol. The minimum atomic E-state index is -0.561. The van der Waals surface area contributed by atoms with E-state index < -0.39 is 17.8 Å². The van der Waals surface area contributed by atoms with Crippen LogP contribution in [0.3, 0.4) is 0 Å². The van der Waals surface area contributed by atoms with Crippen LogP contribution in [0, 0.1) is 5.82 Å². The van der Waals surface area contributed by atoms with Crippen LogP contribution in [0.25, 0.3) is 11.0 Å². The van der Waals surface area contributed by atoms with E-state index in [9.17, 15) is 9.18 Å². The molecule has 0 spiro atoms. The fourth-order valence-corrected chi connectivity index (χ4v) is 4.08. The highest BCUT2D eigenvalue weighted by Gasteiger charge is 2.33. The Hall–Kier alpha value is -3.53. The van der Waals surface area contributed by atoms with Gasteiger partial charge >= 0.3 is 5.97 Å². The molecule has 2 aromatic heterocycles. The fourth-order valence-electron chi connectivity index (χ4n) is 4.08. The molecule has 10 heteroatoms. The van der Waals surface area contributed by atoms with Gasteiger partial charge in [0, 0.05) is 24.4 Å². The molecule has 3 aromatic rings. The molecule has 0 aliphatic carbocycles. The lowest BCUT2D eigenvalue weighted by atomic mass is 10.0. The largest absolute Gasteiger partial charge is 0.473 e. The summed E-state index contributed by atoms with van der Waals surface area (Å²) in [4.78, 5) is 27.7. The predicted molar refractivity (Wildman–Crippen MR) is 115 cm³/mol. The van der Waals surface area contributed by atoms with Crippen molar-refractivity contribution in [3.8, 4) is 5.88 Å². The summed E-state index contributed by atoms with van der Waals surface area (Å²) in [6.45, 7) is 4.15. The van der Waals surface area contributed by atoms with E-state index in [1.807, 2.05) is 6.92 Å². The first-order valence-electron chi connectivity index (χ1n) is 10.3. The summed E-state index contributed by atoms with van der Waals surface area (Å²) in [6.07, 6.45) is 1.51. The van der Waals surface area contributed by atoms with Crippen molar-refractivity contribution in [2.45, 2.75) is 19.0 Å². The van der Waals surface area contributed by atoms with E-state index in [-0.39, 0.29) is 11.7 Å². The number of morpholine rings is 1. The molecule has 166 valence electrons.